The van der Waals surface area contributed by atoms with E-state index in [9.17, 15) is 9.59 Å². The molecule has 2 unspecified atom stereocenters. The SMILES string of the molecule is C#CCC(N)C(=O)N1CCN2C(=O)CCC2C1. The molecular formula is C12H17N3O2. The highest BCUT2D eigenvalue weighted by Gasteiger charge is 2.37. The van der Waals surface area contributed by atoms with Crippen molar-refractivity contribution in [3.05, 3.63) is 0 Å². The van der Waals surface area contributed by atoms with Crippen LogP contribution < -0.4 is 5.73 Å². The molecule has 2 rings (SSSR count). The summed E-state index contributed by atoms with van der Waals surface area (Å²) in [6.45, 7) is 1.79. The lowest BCUT2D eigenvalue weighted by atomic mass is 10.1. The Morgan fingerprint density at radius 3 is 3.06 bits per heavy atom. The summed E-state index contributed by atoms with van der Waals surface area (Å²) >= 11 is 0. The minimum atomic E-state index is -0.608. The van der Waals surface area contributed by atoms with E-state index in [1.54, 1.807) is 4.90 Å². The molecule has 5 nitrogen and oxygen atoms in total. The van der Waals surface area contributed by atoms with Crippen molar-refractivity contribution in [1.82, 2.24) is 9.80 Å². The van der Waals surface area contributed by atoms with Gasteiger partial charge in [-0.05, 0) is 6.42 Å². The molecule has 0 spiro atoms. The number of nitrogens with zero attached hydrogens (tertiary/aromatic N) is 2. The molecule has 5 heteroatoms. The Hall–Kier alpha value is -1.54. The van der Waals surface area contributed by atoms with Crippen molar-refractivity contribution in [1.29, 1.82) is 0 Å². The molecule has 2 saturated heterocycles. The van der Waals surface area contributed by atoms with Gasteiger partial charge in [0.1, 0.15) is 0 Å². The first-order valence-electron chi connectivity index (χ1n) is 5.90. The van der Waals surface area contributed by atoms with E-state index in [-0.39, 0.29) is 24.3 Å². The maximum atomic E-state index is 12.0. The quantitative estimate of drug-likeness (QED) is 0.635. The zero-order valence-corrected chi connectivity index (χ0v) is 9.76. The second kappa shape index (κ2) is 4.76. The van der Waals surface area contributed by atoms with Gasteiger partial charge in [0.2, 0.25) is 11.8 Å². The number of hydrogen-bond donors (Lipinski definition) is 1. The molecule has 2 fully saturated rings. The van der Waals surface area contributed by atoms with Crippen molar-refractivity contribution in [2.24, 2.45) is 5.73 Å². The maximum Gasteiger partial charge on any atom is 0.240 e. The molecule has 0 aromatic rings. The fourth-order valence-corrected chi connectivity index (χ4v) is 2.51. The lowest BCUT2D eigenvalue weighted by molar-refractivity contribution is -0.139. The van der Waals surface area contributed by atoms with Crippen LogP contribution in [0.3, 0.4) is 0 Å². The molecule has 0 saturated carbocycles. The number of hydrogen-bond acceptors (Lipinski definition) is 3. The molecule has 0 aromatic carbocycles. The Balaban J connectivity index is 1.95. The number of carbonyl (C=O) groups excluding carboxylic acids is 2. The number of piperazine rings is 1. The van der Waals surface area contributed by atoms with Crippen LogP contribution in [0.5, 0.6) is 0 Å². The van der Waals surface area contributed by atoms with Crippen molar-refractivity contribution >= 4 is 11.8 Å². The fraction of sp³-hybridized carbons (Fsp3) is 0.667. The summed E-state index contributed by atoms with van der Waals surface area (Å²) < 4.78 is 0. The van der Waals surface area contributed by atoms with Crippen molar-refractivity contribution in [2.45, 2.75) is 31.3 Å². The maximum absolute atomic E-state index is 12.0. The molecule has 2 aliphatic rings. The third kappa shape index (κ3) is 2.27. The zero-order chi connectivity index (χ0) is 12.4. The van der Waals surface area contributed by atoms with Crippen molar-refractivity contribution in [2.75, 3.05) is 19.6 Å². The van der Waals surface area contributed by atoms with E-state index in [0.717, 1.165) is 6.42 Å². The van der Waals surface area contributed by atoms with Gasteiger partial charge in [-0.15, -0.1) is 12.3 Å². The Labute approximate surface area is 101 Å². The summed E-state index contributed by atoms with van der Waals surface area (Å²) in [6, 6.07) is -0.429. The number of fused-ring (bicyclic) bond motifs is 1. The highest BCUT2D eigenvalue weighted by atomic mass is 16.2. The Morgan fingerprint density at radius 1 is 1.59 bits per heavy atom. The van der Waals surface area contributed by atoms with E-state index >= 15 is 0 Å². The van der Waals surface area contributed by atoms with E-state index < -0.39 is 6.04 Å². The van der Waals surface area contributed by atoms with Gasteiger partial charge in [0.05, 0.1) is 6.04 Å². The Kier molecular flexibility index (Phi) is 3.34. The van der Waals surface area contributed by atoms with E-state index in [2.05, 4.69) is 5.92 Å². The number of amides is 2. The number of rotatable bonds is 2. The van der Waals surface area contributed by atoms with Crippen LogP contribution in [-0.2, 0) is 9.59 Å². The van der Waals surface area contributed by atoms with E-state index in [1.165, 1.54) is 0 Å². The molecule has 17 heavy (non-hydrogen) atoms. The molecule has 2 heterocycles. The lowest BCUT2D eigenvalue weighted by Gasteiger charge is -2.38. The first-order chi connectivity index (χ1) is 8.13. The number of nitrogens with two attached hydrogens (primary N) is 1. The first kappa shape index (κ1) is 11.9. The highest BCUT2D eigenvalue weighted by Crippen LogP contribution is 2.23. The van der Waals surface area contributed by atoms with Gasteiger partial charge >= 0.3 is 0 Å². The molecule has 2 atom stereocenters. The second-order valence-corrected chi connectivity index (χ2v) is 4.58. The molecular weight excluding hydrogens is 218 g/mol. The van der Waals surface area contributed by atoms with Gasteiger partial charge < -0.3 is 15.5 Å². The number of carbonyl (C=O) groups is 2. The van der Waals surface area contributed by atoms with Crippen LogP contribution in [0.1, 0.15) is 19.3 Å². The summed E-state index contributed by atoms with van der Waals surface area (Å²) in [6.07, 6.45) is 6.85. The largest absolute Gasteiger partial charge is 0.337 e. The smallest absolute Gasteiger partial charge is 0.240 e. The summed E-state index contributed by atoms with van der Waals surface area (Å²) in [4.78, 5) is 27.1. The van der Waals surface area contributed by atoms with Crippen LogP contribution >= 0.6 is 0 Å². The minimum Gasteiger partial charge on any atom is -0.337 e. The molecule has 2 amide bonds. The van der Waals surface area contributed by atoms with Gasteiger partial charge in [0, 0.05) is 38.5 Å². The standard InChI is InChI=1S/C12H17N3O2/c1-2-3-10(13)12(17)14-6-7-15-9(8-14)4-5-11(15)16/h1,9-10H,3-8,13H2. The molecule has 92 valence electrons. The average Bonchev–Trinajstić information content (AvgIpc) is 2.70. The van der Waals surface area contributed by atoms with Crippen LogP contribution in [-0.4, -0.2) is 53.3 Å². The monoisotopic (exact) mass is 235 g/mol. The van der Waals surface area contributed by atoms with Gasteiger partial charge in [-0.3, -0.25) is 9.59 Å². The van der Waals surface area contributed by atoms with Crippen LogP contribution in [0.2, 0.25) is 0 Å². The molecule has 0 bridgehead atoms. The Bertz CT molecular complexity index is 374. The highest BCUT2D eigenvalue weighted by molar-refractivity contribution is 5.83. The predicted molar refractivity (Wildman–Crippen MR) is 62.7 cm³/mol. The van der Waals surface area contributed by atoms with Crippen molar-refractivity contribution in [3.8, 4) is 12.3 Å². The normalized spacial score (nSPS) is 25.4. The van der Waals surface area contributed by atoms with E-state index in [0.29, 0.717) is 26.1 Å². The Morgan fingerprint density at radius 2 is 2.35 bits per heavy atom. The van der Waals surface area contributed by atoms with Crippen molar-refractivity contribution < 1.29 is 9.59 Å². The van der Waals surface area contributed by atoms with Crippen LogP contribution in [0.25, 0.3) is 0 Å². The van der Waals surface area contributed by atoms with Crippen LogP contribution in [0.4, 0.5) is 0 Å². The summed E-state index contributed by atoms with van der Waals surface area (Å²) in [5.74, 6) is 2.51. The first-order valence-corrected chi connectivity index (χ1v) is 5.90. The number of terminal acetylenes is 1. The summed E-state index contributed by atoms with van der Waals surface area (Å²) in [5, 5.41) is 0. The van der Waals surface area contributed by atoms with Crippen molar-refractivity contribution in [3.63, 3.8) is 0 Å². The minimum absolute atomic E-state index is 0.0954. The van der Waals surface area contributed by atoms with Crippen LogP contribution in [0, 0.1) is 12.3 Å². The predicted octanol–water partition coefficient (Wildman–Crippen LogP) is -0.830. The summed E-state index contributed by atoms with van der Waals surface area (Å²) in [7, 11) is 0. The van der Waals surface area contributed by atoms with Crippen LogP contribution in [0.15, 0.2) is 0 Å². The zero-order valence-electron chi connectivity index (χ0n) is 9.76. The average molecular weight is 235 g/mol. The van der Waals surface area contributed by atoms with Gasteiger partial charge in [0.15, 0.2) is 0 Å². The third-order valence-electron chi connectivity index (χ3n) is 3.46. The third-order valence-corrected chi connectivity index (χ3v) is 3.46. The molecule has 0 radical (unpaired) electrons. The van der Waals surface area contributed by atoms with Gasteiger partial charge in [-0.25, -0.2) is 0 Å². The molecule has 0 aromatic heterocycles. The lowest BCUT2D eigenvalue weighted by Crippen LogP contribution is -2.56. The van der Waals surface area contributed by atoms with E-state index in [4.69, 9.17) is 12.2 Å². The summed E-state index contributed by atoms with van der Waals surface area (Å²) in [5.41, 5.74) is 5.71. The van der Waals surface area contributed by atoms with Gasteiger partial charge in [-0.1, -0.05) is 0 Å². The molecule has 0 aliphatic carbocycles. The molecule has 2 N–H and O–H groups in total. The van der Waals surface area contributed by atoms with Gasteiger partial charge in [-0.2, -0.15) is 0 Å². The fourth-order valence-electron chi connectivity index (χ4n) is 2.51. The van der Waals surface area contributed by atoms with E-state index in [1.807, 2.05) is 4.90 Å². The molecule has 2 aliphatic heterocycles. The van der Waals surface area contributed by atoms with Gasteiger partial charge in [0.25, 0.3) is 0 Å². The second-order valence-electron chi connectivity index (χ2n) is 4.58. The topological polar surface area (TPSA) is 66.6 Å².